The number of amides is 3. The molecule has 3 amide bonds. The summed E-state index contributed by atoms with van der Waals surface area (Å²) in [6.07, 6.45) is 4.37. The lowest BCUT2D eigenvalue weighted by molar-refractivity contribution is -0.133. The van der Waals surface area contributed by atoms with Crippen LogP contribution in [0.15, 0.2) is 28.8 Å². The van der Waals surface area contributed by atoms with Crippen LogP contribution in [-0.4, -0.2) is 39.6 Å². The molecule has 1 spiro atoms. The molecule has 2 aliphatic rings. The zero-order valence-electron chi connectivity index (χ0n) is 14.5. The third-order valence-corrected chi connectivity index (χ3v) is 5.06. The van der Waals surface area contributed by atoms with E-state index in [4.69, 9.17) is 9.26 Å². The molecule has 136 valence electrons. The molecule has 0 bridgehead atoms. The van der Waals surface area contributed by atoms with Gasteiger partial charge in [-0.3, -0.25) is 9.69 Å². The molecule has 1 saturated heterocycles. The Morgan fingerprint density at radius 2 is 1.92 bits per heavy atom. The number of urea groups is 1. The molecule has 8 heteroatoms. The van der Waals surface area contributed by atoms with Gasteiger partial charge in [-0.2, -0.15) is 4.98 Å². The predicted octanol–water partition coefficient (Wildman–Crippen LogP) is 2.50. The van der Waals surface area contributed by atoms with Crippen LogP contribution in [0.25, 0.3) is 11.4 Å². The number of hydrogen-bond acceptors (Lipinski definition) is 6. The number of rotatable bonds is 4. The third kappa shape index (κ3) is 2.81. The second-order valence-electron chi connectivity index (χ2n) is 6.70. The number of carbonyl (C=O) groups is 2. The minimum absolute atomic E-state index is 0.0183. The number of benzene rings is 1. The maximum atomic E-state index is 12.8. The van der Waals surface area contributed by atoms with Gasteiger partial charge in [0.05, 0.1) is 7.11 Å². The SMILES string of the molecule is COc1ccc(-c2noc(CN3C(=O)NC4(CCCCC4)C3=O)n2)cc1. The van der Waals surface area contributed by atoms with Crippen molar-refractivity contribution in [3.05, 3.63) is 30.2 Å². The summed E-state index contributed by atoms with van der Waals surface area (Å²) in [5.74, 6) is 1.18. The van der Waals surface area contributed by atoms with Gasteiger partial charge < -0.3 is 14.6 Å². The summed E-state index contributed by atoms with van der Waals surface area (Å²) >= 11 is 0. The highest BCUT2D eigenvalue weighted by atomic mass is 16.5. The normalized spacial score (nSPS) is 19.0. The first-order valence-electron chi connectivity index (χ1n) is 8.72. The molecule has 1 aromatic heterocycles. The van der Waals surface area contributed by atoms with E-state index in [1.807, 2.05) is 12.1 Å². The highest BCUT2D eigenvalue weighted by molar-refractivity contribution is 6.06. The topological polar surface area (TPSA) is 97.6 Å². The molecule has 0 unspecified atom stereocenters. The van der Waals surface area contributed by atoms with Crippen LogP contribution < -0.4 is 10.1 Å². The van der Waals surface area contributed by atoms with Crippen molar-refractivity contribution in [1.29, 1.82) is 0 Å². The van der Waals surface area contributed by atoms with Crippen molar-refractivity contribution in [2.75, 3.05) is 7.11 Å². The fourth-order valence-electron chi connectivity index (χ4n) is 3.63. The molecule has 0 radical (unpaired) electrons. The first kappa shape index (κ1) is 16.6. The van der Waals surface area contributed by atoms with Crippen molar-refractivity contribution < 1.29 is 18.8 Å². The van der Waals surface area contributed by atoms with Crippen molar-refractivity contribution >= 4 is 11.9 Å². The maximum Gasteiger partial charge on any atom is 0.325 e. The fourth-order valence-corrected chi connectivity index (χ4v) is 3.63. The molecule has 2 aromatic rings. The largest absolute Gasteiger partial charge is 0.497 e. The van der Waals surface area contributed by atoms with E-state index in [9.17, 15) is 9.59 Å². The minimum atomic E-state index is -0.742. The highest BCUT2D eigenvalue weighted by Gasteiger charge is 2.51. The van der Waals surface area contributed by atoms with Gasteiger partial charge in [-0.25, -0.2) is 4.79 Å². The maximum absolute atomic E-state index is 12.8. The summed E-state index contributed by atoms with van der Waals surface area (Å²) in [7, 11) is 1.60. The van der Waals surface area contributed by atoms with E-state index >= 15 is 0 Å². The summed E-state index contributed by atoms with van der Waals surface area (Å²) in [4.78, 5) is 30.6. The molecule has 1 N–H and O–H groups in total. The van der Waals surface area contributed by atoms with Crippen LogP contribution in [0.1, 0.15) is 38.0 Å². The van der Waals surface area contributed by atoms with E-state index in [2.05, 4.69) is 15.5 Å². The van der Waals surface area contributed by atoms with Crippen LogP contribution in [0.4, 0.5) is 4.79 Å². The molecule has 1 aliphatic heterocycles. The number of aromatic nitrogens is 2. The molecule has 2 fully saturated rings. The number of nitrogens with zero attached hydrogens (tertiary/aromatic N) is 3. The Morgan fingerprint density at radius 1 is 1.19 bits per heavy atom. The van der Waals surface area contributed by atoms with Crippen molar-refractivity contribution in [2.45, 2.75) is 44.2 Å². The standard InChI is InChI=1S/C18H20N4O4/c1-25-13-7-5-12(6-8-13)15-19-14(26-21-15)11-22-16(23)18(20-17(22)24)9-3-2-4-10-18/h5-8H,2-4,9-11H2,1H3,(H,20,24). The Morgan fingerprint density at radius 3 is 2.62 bits per heavy atom. The van der Waals surface area contributed by atoms with E-state index in [0.29, 0.717) is 18.7 Å². The van der Waals surface area contributed by atoms with Gasteiger partial charge in [0.25, 0.3) is 5.91 Å². The van der Waals surface area contributed by atoms with Gasteiger partial charge in [0, 0.05) is 5.56 Å². The van der Waals surface area contributed by atoms with Crippen LogP contribution in [0.2, 0.25) is 0 Å². The molecular weight excluding hydrogens is 336 g/mol. The van der Waals surface area contributed by atoms with E-state index in [0.717, 1.165) is 30.6 Å². The number of imide groups is 1. The van der Waals surface area contributed by atoms with Gasteiger partial charge in [-0.1, -0.05) is 24.4 Å². The third-order valence-electron chi connectivity index (χ3n) is 5.06. The number of nitrogens with one attached hydrogen (secondary N) is 1. The van der Waals surface area contributed by atoms with E-state index in [1.165, 1.54) is 4.90 Å². The Hall–Kier alpha value is -2.90. The van der Waals surface area contributed by atoms with Gasteiger partial charge in [-0.15, -0.1) is 0 Å². The molecule has 2 heterocycles. The first-order chi connectivity index (χ1) is 12.6. The van der Waals surface area contributed by atoms with Crippen molar-refractivity contribution in [2.24, 2.45) is 0 Å². The Kier molecular flexibility index (Phi) is 4.10. The molecule has 1 aromatic carbocycles. The van der Waals surface area contributed by atoms with Crippen molar-refractivity contribution in [3.8, 4) is 17.1 Å². The number of carbonyl (C=O) groups excluding carboxylic acids is 2. The van der Waals surface area contributed by atoms with Gasteiger partial charge in [-0.05, 0) is 37.1 Å². The summed E-state index contributed by atoms with van der Waals surface area (Å²) < 4.78 is 10.4. The van der Waals surface area contributed by atoms with Crippen LogP contribution in [0.5, 0.6) is 5.75 Å². The van der Waals surface area contributed by atoms with Gasteiger partial charge in [0.2, 0.25) is 11.7 Å². The minimum Gasteiger partial charge on any atom is -0.497 e. The highest BCUT2D eigenvalue weighted by Crippen LogP contribution is 2.34. The quantitative estimate of drug-likeness (QED) is 0.845. The number of hydrogen-bond donors (Lipinski definition) is 1. The molecule has 8 nitrogen and oxygen atoms in total. The molecule has 1 aliphatic carbocycles. The van der Waals surface area contributed by atoms with Gasteiger partial charge in [0.15, 0.2) is 0 Å². The summed E-state index contributed by atoms with van der Waals surface area (Å²) in [5, 5.41) is 6.82. The first-order valence-corrected chi connectivity index (χ1v) is 8.72. The summed E-state index contributed by atoms with van der Waals surface area (Å²) in [6, 6.07) is 6.85. The number of ether oxygens (including phenoxy) is 1. The summed E-state index contributed by atoms with van der Waals surface area (Å²) in [6.45, 7) is -0.0183. The van der Waals surface area contributed by atoms with Crippen LogP contribution >= 0.6 is 0 Å². The van der Waals surface area contributed by atoms with E-state index < -0.39 is 5.54 Å². The van der Waals surface area contributed by atoms with Crippen molar-refractivity contribution in [1.82, 2.24) is 20.4 Å². The molecule has 0 atom stereocenters. The molecule has 1 saturated carbocycles. The second kappa shape index (κ2) is 6.44. The average molecular weight is 356 g/mol. The average Bonchev–Trinajstić information content (AvgIpc) is 3.22. The Balaban J connectivity index is 1.50. The van der Waals surface area contributed by atoms with Crippen LogP contribution in [-0.2, 0) is 11.3 Å². The predicted molar refractivity (Wildman–Crippen MR) is 91.2 cm³/mol. The molecular formula is C18H20N4O4. The van der Waals surface area contributed by atoms with Crippen LogP contribution in [0.3, 0.4) is 0 Å². The Bertz CT molecular complexity index is 824. The van der Waals surface area contributed by atoms with E-state index in [1.54, 1.807) is 19.2 Å². The lowest BCUT2D eigenvalue weighted by Crippen LogP contribution is -2.48. The lowest BCUT2D eigenvalue weighted by atomic mass is 9.82. The second-order valence-corrected chi connectivity index (χ2v) is 6.70. The molecule has 4 rings (SSSR count). The number of methoxy groups -OCH3 is 1. The van der Waals surface area contributed by atoms with E-state index in [-0.39, 0.29) is 24.4 Å². The van der Waals surface area contributed by atoms with Crippen LogP contribution in [0, 0.1) is 0 Å². The molecule has 26 heavy (non-hydrogen) atoms. The smallest absolute Gasteiger partial charge is 0.325 e. The van der Waals surface area contributed by atoms with Gasteiger partial charge >= 0.3 is 6.03 Å². The monoisotopic (exact) mass is 356 g/mol. The zero-order valence-corrected chi connectivity index (χ0v) is 14.5. The summed E-state index contributed by atoms with van der Waals surface area (Å²) in [5.41, 5.74) is 0.0236. The fraction of sp³-hybridized carbons (Fsp3) is 0.444. The Labute approximate surface area is 150 Å². The lowest BCUT2D eigenvalue weighted by Gasteiger charge is -2.30. The van der Waals surface area contributed by atoms with Gasteiger partial charge in [0.1, 0.15) is 17.8 Å². The zero-order chi connectivity index (χ0) is 18.1. The van der Waals surface area contributed by atoms with Crippen molar-refractivity contribution in [3.63, 3.8) is 0 Å².